The number of hydrogen-bond donors (Lipinski definition) is 1. The maximum absolute atomic E-state index is 11.9. The number of rotatable bonds is 1. The summed E-state index contributed by atoms with van der Waals surface area (Å²) in [5.74, 6) is 0. The molecule has 1 aliphatic carbocycles. The van der Waals surface area contributed by atoms with Gasteiger partial charge < -0.3 is 4.98 Å². The van der Waals surface area contributed by atoms with Crippen LogP contribution in [0.25, 0.3) is 11.2 Å². The molecule has 1 aliphatic rings. The molecule has 1 N–H and O–H groups in total. The van der Waals surface area contributed by atoms with Gasteiger partial charge in [-0.3, -0.25) is 4.57 Å². The largest absolute Gasteiger partial charge is 0.328 e. The first-order chi connectivity index (χ1) is 7.77. The maximum atomic E-state index is 11.9. The van der Waals surface area contributed by atoms with Gasteiger partial charge in [-0.15, -0.1) is 0 Å². The first-order valence-corrected chi connectivity index (χ1v) is 5.76. The zero-order valence-corrected chi connectivity index (χ0v) is 9.37. The molecule has 0 unspecified atom stereocenters. The molecule has 0 atom stereocenters. The van der Waals surface area contributed by atoms with Crippen molar-refractivity contribution < 1.29 is 0 Å². The zero-order valence-electron chi connectivity index (χ0n) is 8.61. The van der Waals surface area contributed by atoms with Gasteiger partial charge in [0.25, 0.3) is 0 Å². The maximum Gasteiger partial charge on any atom is 0.328 e. The summed E-state index contributed by atoms with van der Waals surface area (Å²) in [6.45, 7) is 0. The molecule has 3 rings (SSSR count). The first kappa shape index (κ1) is 9.84. The third kappa shape index (κ3) is 1.35. The Hall–Kier alpha value is -1.36. The number of fused-ring (bicyclic) bond motifs is 1. The van der Waals surface area contributed by atoms with Crippen LogP contribution in [0, 0.1) is 0 Å². The van der Waals surface area contributed by atoms with Gasteiger partial charge in [0.15, 0.2) is 10.8 Å². The van der Waals surface area contributed by atoms with Gasteiger partial charge >= 0.3 is 5.69 Å². The highest BCUT2D eigenvalue weighted by Crippen LogP contribution is 2.30. The number of hydrogen-bond acceptors (Lipinski definition) is 3. The molecule has 1 fully saturated rings. The lowest BCUT2D eigenvalue weighted by Gasteiger charge is -2.09. The Morgan fingerprint density at radius 3 is 2.88 bits per heavy atom. The normalized spacial score (nSPS) is 17.3. The molecule has 1 saturated carbocycles. The minimum atomic E-state index is -0.135. The van der Waals surface area contributed by atoms with E-state index in [1.807, 2.05) is 0 Å². The predicted octanol–water partition coefficient (Wildman–Crippen LogP) is 1.89. The number of aromatic nitrogens is 4. The topological polar surface area (TPSA) is 63.6 Å². The molecule has 0 spiro atoms. The minimum absolute atomic E-state index is 0.135. The molecule has 0 aliphatic heterocycles. The van der Waals surface area contributed by atoms with Crippen LogP contribution >= 0.6 is 11.6 Å². The molecule has 0 amide bonds. The Kier molecular flexibility index (Phi) is 2.21. The van der Waals surface area contributed by atoms with E-state index in [0.717, 1.165) is 12.8 Å². The van der Waals surface area contributed by atoms with E-state index < -0.39 is 0 Å². The van der Waals surface area contributed by atoms with Crippen molar-refractivity contribution in [1.82, 2.24) is 19.5 Å². The quantitative estimate of drug-likeness (QED) is 0.772. The average Bonchev–Trinajstić information content (AvgIpc) is 2.85. The molecule has 16 heavy (non-hydrogen) atoms. The summed E-state index contributed by atoms with van der Waals surface area (Å²) < 4.78 is 1.72. The summed E-state index contributed by atoms with van der Waals surface area (Å²) >= 11 is 5.91. The number of nitrogens with zero attached hydrogens (tertiary/aromatic N) is 3. The third-order valence-electron chi connectivity index (χ3n) is 3.15. The van der Waals surface area contributed by atoms with Gasteiger partial charge in [-0.05, 0) is 12.8 Å². The molecule has 6 heteroatoms. The number of H-pyrrole nitrogens is 1. The number of halogens is 1. The molecule has 2 aromatic rings. The van der Waals surface area contributed by atoms with Gasteiger partial charge in [-0.2, -0.15) is 0 Å². The van der Waals surface area contributed by atoms with Crippen LogP contribution in [0.2, 0.25) is 5.15 Å². The van der Waals surface area contributed by atoms with E-state index >= 15 is 0 Å². The van der Waals surface area contributed by atoms with Crippen molar-refractivity contribution in [2.45, 2.75) is 31.7 Å². The zero-order chi connectivity index (χ0) is 11.1. The standard InChI is InChI=1S/C10H11ClN4O/c11-8-7-9(13-5-12-8)15(10(16)14-7)6-3-1-2-4-6/h5-6H,1-4H2,(H,14,16). The van der Waals surface area contributed by atoms with Crippen LogP contribution < -0.4 is 5.69 Å². The first-order valence-electron chi connectivity index (χ1n) is 5.38. The van der Waals surface area contributed by atoms with Crippen LogP contribution in [0.3, 0.4) is 0 Å². The SMILES string of the molecule is O=c1[nH]c2c(Cl)ncnc2n1C1CCCC1. The third-order valence-corrected chi connectivity index (χ3v) is 3.44. The highest BCUT2D eigenvalue weighted by molar-refractivity contribution is 6.33. The summed E-state index contributed by atoms with van der Waals surface area (Å²) in [6.07, 6.45) is 5.80. The molecule has 0 aromatic carbocycles. The van der Waals surface area contributed by atoms with Gasteiger partial charge in [-0.25, -0.2) is 14.8 Å². The predicted molar refractivity (Wildman–Crippen MR) is 60.7 cm³/mol. The summed E-state index contributed by atoms with van der Waals surface area (Å²) in [5.41, 5.74) is 1.03. The molecule has 0 radical (unpaired) electrons. The Labute approximate surface area is 96.5 Å². The van der Waals surface area contributed by atoms with E-state index in [1.165, 1.54) is 19.2 Å². The van der Waals surface area contributed by atoms with Crippen LogP contribution in [0.5, 0.6) is 0 Å². The van der Waals surface area contributed by atoms with E-state index in [-0.39, 0.29) is 11.7 Å². The molecule has 2 aromatic heterocycles. The lowest BCUT2D eigenvalue weighted by molar-refractivity contribution is 0.514. The number of nitrogens with one attached hydrogen (secondary N) is 1. The van der Waals surface area contributed by atoms with Gasteiger partial charge in [0, 0.05) is 6.04 Å². The molecule has 0 saturated heterocycles. The highest BCUT2D eigenvalue weighted by Gasteiger charge is 2.22. The van der Waals surface area contributed by atoms with E-state index in [1.54, 1.807) is 4.57 Å². The summed E-state index contributed by atoms with van der Waals surface area (Å²) in [5, 5.41) is 0.304. The van der Waals surface area contributed by atoms with Crippen LogP contribution in [0.4, 0.5) is 0 Å². The summed E-state index contributed by atoms with van der Waals surface area (Å²) in [4.78, 5) is 22.6. The Bertz CT molecular complexity index is 582. The van der Waals surface area contributed by atoms with Gasteiger partial charge in [0.1, 0.15) is 11.8 Å². The fraction of sp³-hybridized carbons (Fsp3) is 0.500. The second-order valence-electron chi connectivity index (χ2n) is 4.10. The van der Waals surface area contributed by atoms with Crippen LogP contribution in [0.15, 0.2) is 11.1 Å². The monoisotopic (exact) mass is 238 g/mol. The van der Waals surface area contributed by atoms with Crippen molar-refractivity contribution in [2.75, 3.05) is 0 Å². The number of imidazole rings is 1. The Balaban J connectivity index is 2.27. The summed E-state index contributed by atoms with van der Waals surface area (Å²) in [6, 6.07) is 0.257. The molecular formula is C10H11ClN4O. The van der Waals surface area contributed by atoms with Crippen molar-refractivity contribution in [3.8, 4) is 0 Å². The van der Waals surface area contributed by atoms with E-state index in [0.29, 0.717) is 16.3 Å². The van der Waals surface area contributed by atoms with Crippen molar-refractivity contribution >= 4 is 22.8 Å². The second kappa shape index (κ2) is 3.59. The second-order valence-corrected chi connectivity index (χ2v) is 4.46. The lowest BCUT2D eigenvalue weighted by atomic mass is 10.2. The smallest absolute Gasteiger partial charge is 0.302 e. The minimum Gasteiger partial charge on any atom is -0.302 e. The molecule has 2 heterocycles. The van der Waals surface area contributed by atoms with Crippen LogP contribution in [-0.4, -0.2) is 19.5 Å². The van der Waals surface area contributed by atoms with Gasteiger partial charge in [-0.1, -0.05) is 24.4 Å². The highest BCUT2D eigenvalue weighted by atomic mass is 35.5. The Morgan fingerprint density at radius 1 is 1.38 bits per heavy atom. The van der Waals surface area contributed by atoms with Crippen LogP contribution in [0.1, 0.15) is 31.7 Å². The van der Waals surface area contributed by atoms with Crippen molar-refractivity contribution in [2.24, 2.45) is 0 Å². The number of aromatic amines is 1. The fourth-order valence-electron chi connectivity index (χ4n) is 2.41. The molecule has 84 valence electrons. The lowest BCUT2D eigenvalue weighted by Crippen LogP contribution is -2.20. The van der Waals surface area contributed by atoms with Crippen LogP contribution in [-0.2, 0) is 0 Å². The Morgan fingerprint density at radius 2 is 2.12 bits per heavy atom. The van der Waals surface area contributed by atoms with Crippen molar-refractivity contribution in [3.63, 3.8) is 0 Å². The van der Waals surface area contributed by atoms with E-state index in [9.17, 15) is 4.79 Å². The van der Waals surface area contributed by atoms with Gasteiger partial charge in [0.2, 0.25) is 0 Å². The molecular weight excluding hydrogens is 228 g/mol. The average molecular weight is 239 g/mol. The summed E-state index contributed by atoms with van der Waals surface area (Å²) in [7, 11) is 0. The molecule has 5 nitrogen and oxygen atoms in total. The van der Waals surface area contributed by atoms with Gasteiger partial charge in [0.05, 0.1) is 0 Å². The van der Waals surface area contributed by atoms with E-state index in [2.05, 4.69) is 15.0 Å². The van der Waals surface area contributed by atoms with Crippen molar-refractivity contribution in [3.05, 3.63) is 22.0 Å². The molecule has 0 bridgehead atoms. The fourth-order valence-corrected chi connectivity index (χ4v) is 2.59. The van der Waals surface area contributed by atoms with Crippen molar-refractivity contribution in [1.29, 1.82) is 0 Å². The van der Waals surface area contributed by atoms with E-state index in [4.69, 9.17) is 11.6 Å².